The van der Waals surface area contributed by atoms with Crippen molar-refractivity contribution in [1.29, 1.82) is 0 Å². The molecule has 0 aliphatic carbocycles. The van der Waals surface area contributed by atoms with Crippen molar-refractivity contribution in [2.24, 2.45) is 5.92 Å². The van der Waals surface area contributed by atoms with Crippen LogP contribution in [0.25, 0.3) is 0 Å². The van der Waals surface area contributed by atoms with E-state index in [0.29, 0.717) is 6.61 Å². The third-order valence-electron chi connectivity index (χ3n) is 6.13. The van der Waals surface area contributed by atoms with Crippen LogP contribution in [0.15, 0.2) is 42.5 Å². The minimum Gasteiger partial charge on any atom is -0.493 e. The Labute approximate surface area is 165 Å². The maximum Gasteiger partial charge on any atom is 0.214 e. The summed E-state index contributed by atoms with van der Waals surface area (Å²) in [5.41, 5.74) is 3.78. The van der Waals surface area contributed by atoms with Gasteiger partial charge in [0.1, 0.15) is 5.75 Å². The molecule has 0 spiro atoms. The lowest BCUT2D eigenvalue weighted by Gasteiger charge is -2.52. The van der Waals surface area contributed by atoms with Crippen LogP contribution in [0.1, 0.15) is 31.0 Å². The number of hydrogen-bond acceptors (Lipinski definition) is 5. The Morgan fingerprint density at radius 2 is 2.11 bits per heavy atom. The topological polar surface area (TPSA) is 62.2 Å². The van der Waals surface area contributed by atoms with E-state index in [4.69, 9.17) is 9.57 Å². The molecule has 0 saturated carbocycles. The van der Waals surface area contributed by atoms with Crippen LogP contribution in [0, 0.1) is 5.92 Å². The molecule has 0 bridgehead atoms. The molecule has 6 nitrogen and oxygen atoms in total. The zero-order chi connectivity index (χ0) is 19.9. The van der Waals surface area contributed by atoms with Gasteiger partial charge in [-0.2, -0.15) is 0 Å². The van der Waals surface area contributed by atoms with Gasteiger partial charge in [0.05, 0.1) is 32.1 Å². The van der Waals surface area contributed by atoms with E-state index in [2.05, 4.69) is 19.9 Å². The number of carbonyl (C=O) groups is 1. The number of hydroxylamine groups is 1. The number of rotatable bonds is 5. The van der Waals surface area contributed by atoms with Gasteiger partial charge in [0, 0.05) is 29.1 Å². The fourth-order valence-electron chi connectivity index (χ4n) is 4.56. The van der Waals surface area contributed by atoms with Crippen molar-refractivity contribution < 1.29 is 19.5 Å². The van der Waals surface area contributed by atoms with Crippen LogP contribution in [0.5, 0.6) is 5.75 Å². The average Bonchev–Trinajstić information content (AvgIpc) is 2.72. The number of aliphatic hydroxyl groups is 1. The van der Waals surface area contributed by atoms with Crippen LogP contribution in [0.4, 0.5) is 11.4 Å². The first-order valence-corrected chi connectivity index (χ1v) is 9.55. The van der Waals surface area contributed by atoms with Gasteiger partial charge in [0.2, 0.25) is 6.41 Å². The summed E-state index contributed by atoms with van der Waals surface area (Å²) < 4.78 is 6.09. The molecule has 6 heteroatoms. The monoisotopic (exact) mass is 382 g/mol. The molecule has 28 heavy (non-hydrogen) atoms. The second-order valence-electron chi connectivity index (χ2n) is 7.85. The summed E-state index contributed by atoms with van der Waals surface area (Å²) in [5.74, 6) is 1.07. The highest BCUT2D eigenvalue weighted by atomic mass is 16.7. The predicted octanol–water partition coefficient (Wildman–Crippen LogP) is 3.05. The van der Waals surface area contributed by atoms with Gasteiger partial charge in [-0.05, 0) is 29.8 Å². The predicted molar refractivity (Wildman–Crippen MR) is 108 cm³/mol. The van der Waals surface area contributed by atoms with Crippen LogP contribution >= 0.6 is 0 Å². The molecule has 2 aliphatic rings. The Morgan fingerprint density at radius 3 is 2.82 bits per heavy atom. The Balaban J connectivity index is 1.86. The summed E-state index contributed by atoms with van der Waals surface area (Å²) in [4.78, 5) is 18.9. The highest BCUT2D eigenvalue weighted by molar-refractivity contribution is 5.78. The summed E-state index contributed by atoms with van der Waals surface area (Å²) in [6, 6.07) is 14.1. The number of amides is 1. The lowest BCUT2D eigenvalue weighted by atomic mass is 9.65. The molecule has 0 aromatic heterocycles. The number of benzene rings is 2. The smallest absolute Gasteiger partial charge is 0.214 e. The van der Waals surface area contributed by atoms with Gasteiger partial charge in [-0.25, -0.2) is 5.06 Å². The van der Waals surface area contributed by atoms with E-state index in [0.717, 1.165) is 34.7 Å². The molecular weight excluding hydrogens is 356 g/mol. The van der Waals surface area contributed by atoms with Crippen molar-refractivity contribution >= 4 is 17.8 Å². The van der Waals surface area contributed by atoms with Crippen molar-refractivity contribution in [3.63, 3.8) is 0 Å². The van der Waals surface area contributed by atoms with Crippen LogP contribution in [-0.4, -0.2) is 38.4 Å². The SMILES string of the molecule is CON1c2ccc(N(C=O)CCO)cc2C(C)(C)[C@H]2COc3ccccc3[C@H]21. The highest BCUT2D eigenvalue weighted by Gasteiger charge is 2.50. The van der Waals surface area contributed by atoms with Crippen molar-refractivity contribution in [1.82, 2.24) is 0 Å². The second-order valence-corrected chi connectivity index (χ2v) is 7.85. The second kappa shape index (κ2) is 7.11. The quantitative estimate of drug-likeness (QED) is 0.806. The lowest BCUT2D eigenvalue weighted by Crippen LogP contribution is -2.51. The molecular formula is C22H26N2O4. The molecule has 2 atom stereocenters. The first-order chi connectivity index (χ1) is 13.5. The maximum atomic E-state index is 11.5. The number of ether oxygens (including phenoxy) is 1. The van der Waals surface area contributed by atoms with Crippen LogP contribution in [0.2, 0.25) is 0 Å². The van der Waals surface area contributed by atoms with Gasteiger partial charge in [0.25, 0.3) is 0 Å². The number of aliphatic hydroxyl groups excluding tert-OH is 1. The van der Waals surface area contributed by atoms with Gasteiger partial charge < -0.3 is 14.7 Å². The van der Waals surface area contributed by atoms with Crippen LogP contribution in [-0.2, 0) is 15.0 Å². The summed E-state index contributed by atoms with van der Waals surface area (Å²) in [5, 5.41) is 11.2. The first-order valence-electron chi connectivity index (χ1n) is 9.55. The Hall–Kier alpha value is -2.57. The molecule has 2 aliphatic heterocycles. The normalized spacial score (nSPS) is 21.8. The Bertz CT molecular complexity index is 883. The minimum atomic E-state index is -0.202. The largest absolute Gasteiger partial charge is 0.493 e. The number of anilines is 2. The van der Waals surface area contributed by atoms with E-state index in [1.54, 1.807) is 7.11 Å². The molecule has 4 rings (SSSR count). The van der Waals surface area contributed by atoms with Gasteiger partial charge in [-0.15, -0.1) is 0 Å². The van der Waals surface area contributed by atoms with E-state index in [9.17, 15) is 9.90 Å². The van der Waals surface area contributed by atoms with Crippen molar-refractivity contribution in [3.05, 3.63) is 53.6 Å². The van der Waals surface area contributed by atoms with Crippen LogP contribution in [0.3, 0.4) is 0 Å². The molecule has 2 heterocycles. The molecule has 0 fully saturated rings. The van der Waals surface area contributed by atoms with Gasteiger partial charge >= 0.3 is 0 Å². The fourth-order valence-corrected chi connectivity index (χ4v) is 4.56. The average molecular weight is 382 g/mol. The Morgan fingerprint density at radius 1 is 1.32 bits per heavy atom. The number of nitrogens with zero attached hydrogens (tertiary/aromatic N) is 2. The van der Waals surface area contributed by atoms with Gasteiger partial charge in [-0.1, -0.05) is 32.0 Å². The van der Waals surface area contributed by atoms with Gasteiger partial charge in [-0.3, -0.25) is 9.63 Å². The molecule has 0 unspecified atom stereocenters. The van der Waals surface area contributed by atoms with Crippen molar-refractivity contribution in [3.8, 4) is 5.75 Å². The third-order valence-corrected chi connectivity index (χ3v) is 6.13. The first kappa shape index (κ1) is 18.8. The molecule has 148 valence electrons. The van der Waals surface area contributed by atoms with Crippen molar-refractivity contribution in [2.45, 2.75) is 25.3 Å². The van der Waals surface area contributed by atoms with Crippen molar-refractivity contribution in [2.75, 3.05) is 36.8 Å². The van der Waals surface area contributed by atoms with Gasteiger partial charge in [0.15, 0.2) is 0 Å². The number of para-hydroxylation sites is 1. The summed E-state index contributed by atoms with van der Waals surface area (Å²) in [7, 11) is 1.69. The molecule has 2 aromatic rings. The summed E-state index contributed by atoms with van der Waals surface area (Å²) in [6.45, 7) is 5.20. The highest BCUT2D eigenvalue weighted by Crippen LogP contribution is 2.55. The van der Waals surface area contributed by atoms with Crippen LogP contribution < -0.4 is 14.7 Å². The summed E-state index contributed by atoms with van der Waals surface area (Å²) >= 11 is 0. The molecule has 2 aromatic carbocycles. The summed E-state index contributed by atoms with van der Waals surface area (Å²) in [6.07, 6.45) is 0.755. The fraction of sp³-hybridized carbons (Fsp3) is 0.409. The molecule has 1 N–H and O–H groups in total. The maximum absolute atomic E-state index is 11.5. The van der Waals surface area contributed by atoms with E-state index in [1.807, 2.05) is 41.5 Å². The lowest BCUT2D eigenvalue weighted by molar-refractivity contribution is -0.107. The Kier molecular flexibility index (Phi) is 4.77. The zero-order valence-electron chi connectivity index (χ0n) is 16.5. The molecule has 0 saturated heterocycles. The van der Waals surface area contributed by atoms with E-state index in [1.165, 1.54) is 4.90 Å². The third kappa shape index (κ3) is 2.75. The van der Waals surface area contributed by atoms with E-state index < -0.39 is 0 Å². The van der Waals surface area contributed by atoms with E-state index in [-0.39, 0.29) is 30.5 Å². The standard InChI is InChI=1S/C22H26N2O4/c1-22(2)17-12-15(23(14-26)10-11-25)8-9-19(17)24(27-3)21-16-6-4-5-7-20(16)28-13-18(21)22/h4-9,12,14,18,21,25H,10-11,13H2,1-3H3/t18-,21+/m0/s1. The minimum absolute atomic E-state index is 0.0444. The van der Waals surface area contributed by atoms with E-state index >= 15 is 0 Å². The number of carbonyl (C=O) groups excluding carboxylic acids is 1. The number of hydrogen-bond donors (Lipinski definition) is 1. The zero-order valence-corrected chi connectivity index (χ0v) is 16.5. The number of fused-ring (bicyclic) bond motifs is 4. The molecule has 1 amide bonds. The molecule has 0 radical (unpaired) electrons.